The van der Waals surface area contributed by atoms with E-state index in [4.69, 9.17) is 4.74 Å². The summed E-state index contributed by atoms with van der Waals surface area (Å²) >= 11 is 1.32. The van der Waals surface area contributed by atoms with Crippen LogP contribution in [0.4, 0.5) is 16.2 Å². The first-order valence-electron chi connectivity index (χ1n) is 8.73. The maximum Gasteiger partial charge on any atom is 0.281 e. The normalized spacial score (nSPS) is 23.8. The summed E-state index contributed by atoms with van der Waals surface area (Å²) in [7, 11) is 0. The number of amides is 2. The van der Waals surface area contributed by atoms with Crippen molar-refractivity contribution in [3.8, 4) is 0 Å². The molecule has 2 aliphatic rings. The van der Waals surface area contributed by atoms with Crippen LogP contribution in [0.3, 0.4) is 0 Å². The summed E-state index contributed by atoms with van der Waals surface area (Å²) < 4.78 is 5.76. The van der Waals surface area contributed by atoms with Crippen LogP contribution in [0, 0.1) is 0 Å². The molecule has 0 aromatic heterocycles. The number of ether oxygens (including phenoxy) is 1. The largest absolute Gasteiger partial charge is 0.372 e. The molecule has 6 nitrogen and oxygen atoms in total. The fourth-order valence-electron chi connectivity index (χ4n) is 3.23. The van der Waals surface area contributed by atoms with E-state index in [1.807, 2.05) is 24.3 Å². The Morgan fingerprint density at radius 3 is 2.52 bits per heavy atom. The molecular weight excluding hydrogens is 338 g/mol. The highest BCUT2D eigenvalue weighted by Crippen LogP contribution is 2.22. The lowest BCUT2D eigenvalue weighted by molar-refractivity contribution is -0.116. The van der Waals surface area contributed by atoms with Gasteiger partial charge in [0.2, 0.25) is 5.91 Å². The van der Waals surface area contributed by atoms with Crippen molar-refractivity contribution in [2.45, 2.75) is 32.5 Å². The number of carbonyl (C=O) groups is 2. The number of hydrogen-bond acceptors (Lipinski definition) is 5. The van der Waals surface area contributed by atoms with Crippen molar-refractivity contribution in [1.29, 1.82) is 0 Å². The molecule has 1 aromatic carbocycles. The van der Waals surface area contributed by atoms with Gasteiger partial charge in [-0.05, 0) is 38.1 Å². The molecule has 2 aliphatic heterocycles. The number of nitrogens with zero attached hydrogens (tertiary/aromatic N) is 2. The van der Waals surface area contributed by atoms with Crippen molar-refractivity contribution >= 4 is 34.3 Å². The highest BCUT2D eigenvalue weighted by Gasteiger charge is 2.23. The summed E-state index contributed by atoms with van der Waals surface area (Å²) in [5.74, 6) is 0.756. The minimum absolute atomic E-state index is 0.0638. The summed E-state index contributed by atoms with van der Waals surface area (Å²) in [6.07, 6.45) is 0.760. The average molecular weight is 363 g/mol. The second-order valence-electron chi connectivity index (χ2n) is 6.61. The summed E-state index contributed by atoms with van der Waals surface area (Å²) in [4.78, 5) is 27.6. The molecule has 0 bridgehead atoms. The Morgan fingerprint density at radius 1 is 1.24 bits per heavy atom. The molecule has 2 fully saturated rings. The molecule has 25 heavy (non-hydrogen) atoms. The van der Waals surface area contributed by atoms with Gasteiger partial charge in [0.1, 0.15) is 0 Å². The van der Waals surface area contributed by atoms with E-state index in [0.717, 1.165) is 36.8 Å². The zero-order valence-electron chi connectivity index (χ0n) is 14.7. The number of nitrogens with one attached hydrogen (secondary N) is 1. The predicted molar refractivity (Wildman–Crippen MR) is 101 cm³/mol. The highest BCUT2D eigenvalue weighted by molar-refractivity contribution is 8.13. The van der Waals surface area contributed by atoms with E-state index in [9.17, 15) is 9.59 Å². The maximum absolute atomic E-state index is 12.1. The van der Waals surface area contributed by atoms with Crippen molar-refractivity contribution in [1.82, 2.24) is 4.90 Å². The number of hydrogen-bond donors (Lipinski definition) is 1. The van der Waals surface area contributed by atoms with E-state index in [1.165, 1.54) is 11.8 Å². The molecule has 0 radical (unpaired) electrons. The molecule has 7 heteroatoms. The van der Waals surface area contributed by atoms with Crippen LogP contribution < -0.4 is 10.2 Å². The molecule has 2 unspecified atom stereocenters. The van der Waals surface area contributed by atoms with Crippen molar-refractivity contribution in [2.24, 2.45) is 0 Å². The van der Waals surface area contributed by atoms with E-state index < -0.39 is 0 Å². The molecule has 0 aliphatic carbocycles. The van der Waals surface area contributed by atoms with Crippen molar-refractivity contribution in [3.63, 3.8) is 0 Å². The molecule has 1 aromatic rings. The molecular formula is C18H25N3O3S. The van der Waals surface area contributed by atoms with Gasteiger partial charge in [0, 0.05) is 49.7 Å². The molecule has 136 valence electrons. The first-order valence-corrected chi connectivity index (χ1v) is 9.72. The number of anilines is 2. The summed E-state index contributed by atoms with van der Waals surface area (Å²) in [5, 5.41) is 2.98. The van der Waals surface area contributed by atoms with E-state index in [1.54, 1.807) is 4.90 Å². The Bertz CT molecular complexity index is 612. The standard InChI is InChI=1S/C18H25N3O3S/c1-13-11-21(12-14(2)24-13)16-5-3-15(4-6-16)19-17(22)7-8-20-9-10-25-18(20)23/h3-6,13-14H,7-12H2,1-2H3,(H,19,22). The van der Waals surface area contributed by atoms with Gasteiger partial charge in [-0.3, -0.25) is 9.59 Å². The number of rotatable bonds is 5. The average Bonchev–Trinajstić information content (AvgIpc) is 2.98. The maximum atomic E-state index is 12.1. The second-order valence-corrected chi connectivity index (χ2v) is 7.65. The number of benzene rings is 1. The Labute approximate surface area is 152 Å². The summed E-state index contributed by atoms with van der Waals surface area (Å²) in [6, 6.07) is 7.91. The number of morpholine rings is 1. The van der Waals surface area contributed by atoms with Crippen LogP contribution in [-0.2, 0) is 9.53 Å². The van der Waals surface area contributed by atoms with Crippen LogP contribution in [0.15, 0.2) is 24.3 Å². The third-order valence-electron chi connectivity index (χ3n) is 4.39. The van der Waals surface area contributed by atoms with E-state index >= 15 is 0 Å². The van der Waals surface area contributed by atoms with Crippen LogP contribution in [0.5, 0.6) is 0 Å². The first kappa shape index (κ1) is 18.1. The third kappa shape index (κ3) is 4.89. The molecule has 2 saturated heterocycles. The van der Waals surface area contributed by atoms with Crippen molar-refractivity contribution in [3.05, 3.63) is 24.3 Å². The monoisotopic (exact) mass is 363 g/mol. The molecule has 2 atom stereocenters. The topological polar surface area (TPSA) is 61.9 Å². The first-order chi connectivity index (χ1) is 12.0. The van der Waals surface area contributed by atoms with Gasteiger partial charge in [-0.1, -0.05) is 11.8 Å². The minimum atomic E-state index is -0.0638. The van der Waals surface area contributed by atoms with Crippen molar-refractivity contribution in [2.75, 3.05) is 42.1 Å². The molecule has 0 saturated carbocycles. The third-order valence-corrected chi connectivity index (χ3v) is 5.28. The fourth-order valence-corrected chi connectivity index (χ4v) is 4.08. The van der Waals surface area contributed by atoms with Crippen LogP contribution in [0.25, 0.3) is 0 Å². The van der Waals surface area contributed by atoms with Gasteiger partial charge in [0.15, 0.2) is 0 Å². The van der Waals surface area contributed by atoms with Crippen molar-refractivity contribution < 1.29 is 14.3 Å². The SMILES string of the molecule is CC1CN(c2ccc(NC(=O)CCN3CCSC3=O)cc2)CC(C)O1. The lowest BCUT2D eigenvalue weighted by atomic mass is 10.2. The Balaban J connectivity index is 1.50. The van der Waals surface area contributed by atoms with Gasteiger partial charge >= 0.3 is 0 Å². The molecule has 3 rings (SSSR count). The summed E-state index contributed by atoms with van der Waals surface area (Å²) in [6.45, 7) is 7.14. The van der Waals surface area contributed by atoms with Gasteiger partial charge in [0.25, 0.3) is 5.24 Å². The van der Waals surface area contributed by atoms with Gasteiger partial charge in [0.05, 0.1) is 12.2 Å². The molecule has 1 N–H and O–H groups in total. The fraction of sp³-hybridized carbons (Fsp3) is 0.556. The Morgan fingerprint density at radius 2 is 1.92 bits per heavy atom. The van der Waals surface area contributed by atoms with Crippen LogP contribution in [0.1, 0.15) is 20.3 Å². The zero-order chi connectivity index (χ0) is 17.8. The Hall–Kier alpha value is -1.73. The van der Waals surface area contributed by atoms with Crippen LogP contribution >= 0.6 is 11.8 Å². The summed E-state index contributed by atoms with van der Waals surface area (Å²) in [5.41, 5.74) is 1.92. The molecule has 2 amide bonds. The number of carbonyl (C=O) groups excluding carboxylic acids is 2. The highest BCUT2D eigenvalue weighted by atomic mass is 32.2. The lowest BCUT2D eigenvalue weighted by Gasteiger charge is -2.36. The van der Waals surface area contributed by atoms with E-state index in [0.29, 0.717) is 13.0 Å². The number of thioether (sulfide) groups is 1. The van der Waals surface area contributed by atoms with E-state index in [-0.39, 0.29) is 23.4 Å². The molecule has 0 spiro atoms. The predicted octanol–water partition coefficient (Wildman–Crippen LogP) is 2.80. The smallest absolute Gasteiger partial charge is 0.281 e. The van der Waals surface area contributed by atoms with E-state index in [2.05, 4.69) is 24.1 Å². The quantitative estimate of drug-likeness (QED) is 0.872. The lowest BCUT2D eigenvalue weighted by Crippen LogP contribution is -2.45. The Kier molecular flexibility index (Phi) is 5.86. The second kappa shape index (κ2) is 8.10. The van der Waals surface area contributed by atoms with Gasteiger partial charge in [-0.25, -0.2) is 0 Å². The minimum Gasteiger partial charge on any atom is -0.372 e. The van der Waals surface area contributed by atoms with Gasteiger partial charge in [-0.2, -0.15) is 0 Å². The van der Waals surface area contributed by atoms with Crippen LogP contribution in [0.2, 0.25) is 0 Å². The zero-order valence-corrected chi connectivity index (χ0v) is 15.6. The van der Waals surface area contributed by atoms with Gasteiger partial charge < -0.3 is 19.9 Å². The molecule has 2 heterocycles. The van der Waals surface area contributed by atoms with Crippen LogP contribution in [-0.4, -0.2) is 60.2 Å². The van der Waals surface area contributed by atoms with Gasteiger partial charge in [-0.15, -0.1) is 0 Å².